The standard InChI is InChI=1S/C19H28N2O/c1-15-6-2-3-12-21(15)13-5-11-20-19(22)18-10-9-16-7-4-8-17(16)14-18/h9-10,14-15H,2-8,11-13H2,1H3,(H,20,22)/p+1/t15-/m1/s1. The molecular formula is C19H29N2O+. The predicted molar refractivity (Wildman–Crippen MR) is 89.4 cm³/mol. The molecular weight excluding hydrogens is 272 g/mol. The fraction of sp³-hybridized carbons (Fsp3) is 0.632. The van der Waals surface area contributed by atoms with E-state index in [9.17, 15) is 4.79 Å². The second kappa shape index (κ2) is 7.28. The van der Waals surface area contributed by atoms with Crippen LogP contribution in [0.15, 0.2) is 18.2 Å². The highest BCUT2D eigenvalue weighted by atomic mass is 16.1. The highest BCUT2D eigenvalue weighted by Gasteiger charge is 2.21. The van der Waals surface area contributed by atoms with Crippen LogP contribution < -0.4 is 10.2 Å². The smallest absolute Gasteiger partial charge is 0.251 e. The monoisotopic (exact) mass is 301 g/mol. The highest BCUT2D eigenvalue weighted by Crippen LogP contribution is 2.22. The number of nitrogens with one attached hydrogen (secondary N) is 2. The minimum Gasteiger partial charge on any atom is -0.352 e. The Morgan fingerprint density at radius 1 is 1.23 bits per heavy atom. The van der Waals surface area contributed by atoms with Gasteiger partial charge in [0.05, 0.1) is 19.1 Å². The van der Waals surface area contributed by atoms with E-state index < -0.39 is 0 Å². The Hall–Kier alpha value is -1.35. The summed E-state index contributed by atoms with van der Waals surface area (Å²) in [4.78, 5) is 14.0. The summed E-state index contributed by atoms with van der Waals surface area (Å²) in [5, 5.41) is 3.09. The van der Waals surface area contributed by atoms with Crippen molar-refractivity contribution in [2.75, 3.05) is 19.6 Å². The van der Waals surface area contributed by atoms with Crippen LogP contribution in [-0.4, -0.2) is 31.6 Å². The minimum absolute atomic E-state index is 0.0939. The van der Waals surface area contributed by atoms with Crippen LogP contribution in [0.2, 0.25) is 0 Å². The van der Waals surface area contributed by atoms with Gasteiger partial charge in [-0.3, -0.25) is 4.79 Å². The third-order valence-electron chi connectivity index (χ3n) is 5.40. The van der Waals surface area contributed by atoms with E-state index in [4.69, 9.17) is 0 Å². The summed E-state index contributed by atoms with van der Waals surface area (Å²) >= 11 is 0. The van der Waals surface area contributed by atoms with Crippen molar-refractivity contribution in [2.24, 2.45) is 0 Å². The molecule has 2 N–H and O–H groups in total. The number of amides is 1. The van der Waals surface area contributed by atoms with Gasteiger partial charge in [-0.2, -0.15) is 0 Å². The Bertz CT molecular complexity index is 526. The predicted octanol–water partition coefficient (Wildman–Crippen LogP) is 1.75. The third-order valence-corrected chi connectivity index (χ3v) is 5.40. The van der Waals surface area contributed by atoms with Gasteiger partial charge in [0.15, 0.2) is 0 Å². The molecule has 1 heterocycles. The molecule has 0 radical (unpaired) electrons. The number of carbonyl (C=O) groups excluding carboxylic acids is 1. The zero-order valence-corrected chi connectivity index (χ0v) is 13.8. The number of piperidine rings is 1. The van der Waals surface area contributed by atoms with Gasteiger partial charge < -0.3 is 10.2 Å². The maximum atomic E-state index is 12.2. The van der Waals surface area contributed by atoms with Gasteiger partial charge in [0.25, 0.3) is 5.91 Å². The van der Waals surface area contributed by atoms with E-state index in [2.05, 4.69) is 24.4 Å². The molecule has 1 unspecified atom stereocenters. The number of carbonyl (C=O) groups is 1. The van der Waals surface area contributed by atoms with E-state index in [-0.39, 0.29) is 5.91 Å². The Labute approximate surface area is 134 Å². The molecule has 120 valence electrons. The zero-order valence-electron chi connectivity index (χ0n) is 13.8. The number of hydrogen-bond acceptors (Lipinski definition) is 1. The lowest BCUT2D eigenvalue weighted by atomic mass is 10.0. The average molecular weight is 301 g/mol. The van der Waals surface area contributed by atoms with Crippen LogP contribution in [0.25, 0.3) is 0 Å². The lowest BCUT2D eigenvalue weighted by molar-refractivity contribution is -0.928. The number of quaternary nitrogens is 1. The number of rotatable bonds is 5. The molecule has 1 fully saturated rings. The van der Waals surface area contributed by atoms with Gasteiger partial charge in [0.1, 0.15) is 0 Å². The molecule has 1 aromatic rings. The molecule has 3 heteroatoms. The number of hydrogen-bond donors (Lipinski definition) is 2. The van der Waals surface area contributed by atoms with Crippen molar-refractivity contribution in [1.29, 1.82) is 0 Å². The summed E-state index contributed by atoms with van der Waals surface area (Å²) in [6.45, 7) is 5.65. The van der Waals surface area contributed by atoms with E-state index in [0.717, 1.165) is 31.0 Å². The van der Waals surface area contributed by atoms with Crippen molar-refractivity contribution in [3.8, 4) is 0 Å². The van der Waals surface area contributed by atoms with Crippen LogP contribution >= 0.6 is 0 Å². The van der Waals surface area contributed by atoms with Crippen LogP contribution in [-0.2, 0) is 12.8 Å². The van der Waals surface area contributed by atoms with Crippen LogP contribution in [0.3, 0.4) is 0 Å². The minimum atomic E-state index is 0.0939. The first-order valence-corrected chi connectivity index (χ1v) is 8.98. The first-order chi connectivity index (χ1) is 10.7. The van der Waals surface area contributed by atoms with Gasteiger partial charge in [0.2, 0.25) is 0 Å². The normalized spacial score (nSPS) is 24.0. The van der Waals surface area contributed by atoms with Crippen LogP contribution in [0, 0.1) is 0 Å². The molecule has 0 bridgehead atoms. The first kappa shape index (κ1) is 15.5. The van der Waals surface area contributed by atoms with Gasteiger partial charge in [-0.05, 0) is 68.7 Å². The highest BCUT2D eigenvalue weighted by molar-refractivity contribution is 5.94. The molecule has 2 aliphatic rings. The largest absolute Gasteiger partial charge is 0.352 e. The number of fused-ring (bicyclic) bond motifs is 1. The van der Waals surface area contributed by atoms with Gasteiger partial charge in [0, 0.05) is 18.5 Å². The summed E-state index contributed by atoms with van der Waals surface area (Å²) in [6, 6.07) is 7.00. The van der Waals surface area contributed by atoms with Gasteiger partial charge >= 0.3 is 0 Å². The number of benzene rings is 1. The van der Waals surface area contributed by atoms with Gasteiger partial charge in [-0.1, -0.05) is 6.07 Å². The zero-order chi connectivity index (χ0) is 15.4. The summed E-state index contributed by atoms with van der Waals surface area (Å²) in [5.41, 5.74) is 3.64. The summed E-state index contributed by atoms with van der Waals surface area (Å²) in [7, 11) is 0. The Morgan fingerprint density at radius 3 is 2.95 bits per heavy atom. The Balaban J connectivity index is 1.42. The van der Waals surface area contributed by atoms with E-state index in [1.807, 2.05) is 6.07 Å². The molecule has 0 spiro atoms. The van der Waals surface area contributed by atoms with E-state index in [0.29, 0.717) is 0 Å². The molecule has 3 rings (SSSR count). The summed E-state index contributed by atoms with van der Waals surface area (Å²) < 4.78 is 0. The van der Waals surface area contributed by atoms with E-state index >= 15 is 0 Å². The van der Waals surface area contributed by atoms with Crippen LogP contribution in [0.1, 0.15) is 60.5 Å². The summed E-state index contributed by atoms with van der Waals surface area (Å²) in [5.74, 6) is 0.0939. The topological polar surface area (TPSA) is 33.5 Å². The molecule has 3 nitrogen and oxygen atoms in total. The maximum absolute atomic E-state index is 12.2. The first-order valence-electron chi connectivity index (χ1n) is 8.98. The lowest BCUT2D eigenvalue weighted by Crippen LogP contribution is -3.16. The van der Waals surface area contributed by atoms with Crippen molar-refractivity contribution in [3.63, 3.8) is 0 Å². The number of aryl methyl sites for hydroxylation is 2. The van der Waals surface area contributed by atoms with Crippen molar-refractivity contribution in [1.82, 2.24) is 5.32 Å². The van der Waals surface area contributed by atoms with E-state index in [1.165, 1.54) is 56.3 Å². The Morgan fingerprint density at radius 2 is 2.09 bits per heavy atom. The average Bonchev–Trinajstić information content (AvgIpc) is 3.00. The maximum Gasteiger partial charge on any atom is 0.251 e. The SMILES string of the molecule is C[C@@H]1CCCC[NH+]1CCCNC(=O)c1ccc2c(c1)CCC2. The van der Waals surface area contributed by atoms with Crippen molar-refractivity contribution < 1.29 is 9.69 Å². The fourth-order valence-corrected chi connectivity index (χ4v) is 3.96. The van der Waals surface area contributed by atoms with Crippen molar-refractivity contribution >= 4 is 5.91 Å². The lowest BCUT2D eigenvalue weighted by Gasteiger charge is -2.30. The van der Waals surface area contributed by atoms with Crippen molar-refractivity contribution in [2.45, 2.75) is 57.9 Å². The second-order valence-electron chi connectivity index (χ2n) is 7.00. The molecule has 1 aliphatic carbocycles. The van der Waals surface area contributed by atoms with Gasteiger partial charge in [-0.15, -0.1) is 0 Å². The van der Waals surface area contributed by atoms with E-state index in [1.54, 1.807) is 4.90 Å². The molecule has 1 aliphatic heterocycles. The molecule has 1 saturated heterocycles. The second-order valence-corrected chi connectivity index (χ2v) is 7.00. The molecule has 1 aromatic carbocycles. The number of likely N-dealkylation sites (tertiary alicyclic amines) is 1. The van der Waals surface area contributed by atoms with Crippen LogP contribution in [0.5, 0.6) is 0 Å². The van der Waals surface area contributed by atoms with Crippen LogP contribution in [0.4, 0.5) is 0 Å². The molecule has 1 amide bonds. The van der Waals surface area contributed by atoms with Crippen molar-refractivity contribution in [3.05, 3.63) is 34.9 Å². The quantitative estimate of drug-likeness (QED) is 0.798. The fourth-order valence-electron chi connectivity index (χ4n) is 3.96. The third kappa shape index (κ3) is 3.70. The summed E-state index contributed by atoms with van der Waals surface area (Å²) in [6.07, 6.45) is 8.73. The molecule has 2 atom stereocenters. The van der Waals surface area contributed by atoms with Gasteiger partial charge in [-0.25, -0.2) is 0 Å². The molecule has 0 aromatic heterocycles. The molecule has 22 heavy (non-hydrogen) atoms. The molecule has 0 saturated carbocycles. The Kier molecular flexibility index (Phi) is 5.14.